The van der Waals surface area contributed by atoms with E-state index in [4.69, 9.17) is 11.6 Å². The number of carbonyl (C=O) groups excluding carboxylic acids is 1. The van der Waals surface area contributed by atoms with Gasteiger partial charge in [-0.1, -0.05) is 11.6 Å². The number of anilines is 1. The van der Waals surface area contributed by atoms with Crippen LogP contribution in [0.3, 0.4) is 0 Å². The van der Waals surface area contributed by atoms with Crippen molar-refractivity contribution in [3.05, 3.63) is 28.5 Å². The zero-order chi connectivity index (χ0) is 12.5. The lowest BCUT2D eigenvalue weighted by molar-refractivity contribution is -0.167. The van der Waals surface area contributed by atoms with Gasteiger partial charge in [0.2, 0.25) is 0 Å². The molecule has 2 nitrogen and oxygen atoms in total. The lowest BCUT2D eigenvalue weighted by atomic mass is 10.2. The van der Waals surface area contributed by atoms with Crippen molar-refractivity contribution < 1.29 is 22.4 Å². The van der Waals surface area contributed by atoms with Crippen LogP contribution in [0.1, 0.15) is 5.56 Å². The van der Waals surface area contributed by atoms with Crippen molar-refractivity contribution >= 4 is 23.2 Å². The fraction of sp³-hybridized carbons (Fsp3) is 0.222. The van der Waals surface area contributed by atoms with Gasteiger partial charge in [-0.05, 0) is 24.6 Å². The van der Waals surface area contributed by atoms with Crippen molar-refractivity contribution in [2.24, 2.45) is 0 Å². The topological polar surface area (TPSA) is 29.1 Å². The van der Waals surface area contributed by atoms with Crippen LogP contribution in [0.5, 0.6) is 0 Å². The third-order valence-electron chi connectivity index (χ3n) is 1.75. The number of alkyl halides is 3. The van der Waals surface area contributed by atoms with E-state index in [1.54, 1.807) is 5.32 Å². The van der Waals surface area contributed by atoms with E-state index < -0.39 is 17.9 Å². The van der Waals surface area contributed by atoms with Crippen molar-refractivity contribution in [2.45, 2.75) is 13.1 Å². The molecule has 0 fully saturated rings. The Bertz CT molecular complexity index is 430. The molecule has 0 aliphatic carbocycles. The van der Waals surface area contributed by atoms with E-state index in [1.165, 1.54) is 6.92 Å². The van der Waals surface area contributed by atoms with Gasteiger partial charge in [0, 0.05) is 0 Å². The first-order chi connectivity index (χ1) is 7.21. The van der Waals surface area contributed by atoms with Gasteiger partial charge in [0.05, 0.1) is 10.7 Å². The summed E-state index contributed by atoms with van der Waals surface area (Å²) in [6, 6.07) is 1.87. The smallest absolute Gasteiger partial charge is 0.317 e. The van der Waals surface area contributed by atoms with Crippen LogP contribution in [0.15, 0.2) is 12.1 Å². The molecule has 1 aromatic carbocycles. The lowest BCUT2D eigenvalue weighted by Gasteiger charge is -2.10. The van der Waals surface area contributed by atoms with Crippen LogP contribution < -0.4 is 5.32 Å². The molecule has 0 spiro atoms. The van der Waals surface area contributed by atoms with Gasteiger partial charge in [0.15, 0.2) is 0 Å². The van der Waals surface area contributed by atoms with Gasteiger partial charge < -0.3 is 5.32 Å². The number of rotatable bonds is 1. The molecular formula is C9H6ClF4NO. The predicted molar refractivity (Wildman–Crippen MR) is 50.8 cm³/mol. The molecule has 88 valence electrons. The number of carbonyl (C=O) groups is 1. The maximum absolute atomic E-state index is 12.9. The number of nitrogens with one attached hydrogen (secondary N) is 1. The zero-order valence-corrected chi connectivity index (χ0v) is 8.71. The maximum atomic E-state index is 12.9. The van der Waals surface area contributed by atoms with E-state index in [0.29, 0.717) is 0 Å². The molecule has 0 aliphatic heterocycles. The van der Waals surface area contributed by atoms with E-state index in [0.717, 1.165) is 12.1 Å². The highest BCUT2D eigenvalue weighted by atomic mass is 35.5. The predicted octanol–water partition coefficient (Wildman–Crippen LogP) is 3.29. The third kappa shape index (κ3) is 2.85. The second-order valence-electron chi connectivity index (χ2n) is 3.03. The average molecular weight is 256 g/mol. The Morgan fingerprint density at radius 2 is 1.94 bits per heavy atom. The highest BCUT2D eigenvalue weighted by Gasteiger charge is 2.39. The Kier molecular flexibility index (Phi) is 3.42. The Balaban J connectivity index is 2.99. The minimum Gasteiger partial charge on any atom is -0.317 e. The minimum absolute atomic E-state index is 0.0851. The first-order valence-electron chi connectivity index (χ1n) is 4.05. The van der Waals surface area contributed by atoms with Crippen molar-refractivity contribution in [3.63, 3.8) is 0 Å². The van der Waals surface area contributed by atoms with Crippen LogP contribution in [-0.4, -0.2) is 12.1 Å². The second kappa shape index (κ2) is 4.29. The van der Waals surface area contributed by atoms with Gasteiger partial charge in [-0.2, -0.15) is 13.2 Å². The summed E-state index contributed by atoms with van der Waals surface area (Å²) in [6.45, 7) is 1.34. The molecule has 0 atom stereocenters. The van der Waals surface area contributed by atoms with E-state index >= 15 is 0 Å². The van der Waals surface area contributed by atoms with Crippen molar-refractivity contribution in [3.8, 4) is 0 Å². The quantitative estimate of drug-likeness (QED) is 0.767. The van der Waals surface area contributed by atoms with Crippen LogP contribution in [-0.2, 0) is 4.79 Å². The molecule has 7 heteroatoms. The zero-order valence-electron chi connectivity index (χ0n) is 7.95. The molecule has 16 heavy (non-hydrogen) atoms. The van der Waals surface area contributed by atoms with Gasteiger partial charge in [-0.25, -0.2) is 4.39 Å². The van der Waals surface area contributed by atoms with Crippen molar-refractivity contribution in [1.29, 1.82) is 0 Å². The summed E-state index contributed by atoms with van der Waals surface area (Å²) in [6.07, 6.45) is -5.01. The number of aryl methyl sites for hydroxylation is 1. The first kappa shape index (κ1) is 12.8. The van der Waals surface area contributed by atoms with E-state index in [2.05, 4.69) is 0 Å². The summed E-state index contributed by atoms with van der Waals surface area (Å²) >= 11 is 5.47. The molecular weight excluding hydrogens is 250 g/mol. The molecule has 1 N–H and O–H groups in total. The van der Waals surface area contributed by atoms with E-state index in [-0.39, 0.29) is 16.3 Å². The number of hydrogen-bond acceptors (Lipinski definition) is 1. The highest BCUT2D eigenvalue weighted by Crippen LogP contribution is 2.27. The van der Waals surface area contributed by atoms with Gasteiger partial charge >= 0.3 is 12.1 Å². The van der Waals surface area contributed by atoms with Gasteiger partial charge in [0.1, 0.15) is 5.82 Å². The molecule has 1 amide bonds. The lowest BCUT2D eigenvalue weighted by Crippen LogP contribution is -2.30. The van der Waals surface area contributed by atoms with Crippen LogP contribution in [0.2, 0.25) is 5.02 Å². The van der Waals surface area contributed by atoms with Gasteiger partial charge in [0.25, 0.3) is 0 Å². The maximum Gasteiger partial charge on any atom is 0.471 e. The first-order valence-corrected chi connectivity index (χ1v) is 4.43. The molecule has 0 saturated heterocycles. The Morgan fingerprint density at radius 3 is 2.44 bits per heavy atom. The number of halogens is 5. The Labute approximate surface area is 93.2 Å². The standard InChI is InChI=1S/C9H6ClF4NO/c1-4-2-7(5(10)3-6(4)11)15-8(16)9(12,13)14/h2-3H,1H3,(H,15,16). The van der Waals surface area contributed by atoms with E-state index in [9.17, 15) is 22.4 Å². The molecule has 1 rings (SSSR count). The highest BCUT2D eigenvalue weighted by molar-refractivity contribution is 6.33. The summed E-state index contributed by atoms with van der Waals surface area (Å²) in [5, 5.41) is 1.26. The van der Waals surface area contributed by atoms with Crippen LogP contribution >= 0.6 is 11.6 Å². The number of benzene rings is 1. The SMILES string of the molecule is Cc1cc(NC(=O)C(F)(F)F)c(Cl)cc1F. The number of hydrogen-bond donors (Lipinski definition) is 1. The fourth-order valence-corrected chi connectivity index (χ4v) is 1.14. The Morgan fingerprint density at radius 1 is 1.38 bits per heavy atom. The molecule has 0 radical (unpaired) electrons. The van der Waals surface area contributed by atoms with Gasteiger partial charge in [-0.15, -0.1) is 0 Å². The molecule has 0 unspecified atom stereocenters. The number of amides is 1. The largest absolute Gasteiger partial charge is 0.471 e. The van der Waals surface area contributed by atoms with Crippen LogP contribution in [0.4, 0.5) is 23.2 Å². The normalized spacial score (nSPS) is 11.4. The third-order valence-corrected chi connectivity index (χ3v) is 2.07. The molecule has 0 aromatic heterocycles. The second-order valence-corrected chi connectivity index (χ2v) is 3.44. The van der Waals surface area contributed by atoms with Crippen LogP contribution in [0.25, 0.3) is 0 Å². The molecule has 0 bridgehead atoms. The molecule has 1 aromatic rings. The van der Waals surface area contributed by atoms with Crippen molar-refractivity contribution in [2.75, 3.05) is 5.32 Å². The van der Waals surface area contributed by atoms with E-state index in [1.807, 2.05) is 0 Å². The molecule has 0 aliphatic rings. The fourth-order valence-electron chi connectivity index (χ4n) is 0.946. The van der Waals surface area contributed by atoms with Gasteiger partial charge in [-0.3, -0.25) is 4.79 Å². The summed E-state index contributed by atoms with van der Waals surface area (Å²) in [7, 11) is 0. The minimum atomic E-state index is -5.01. The Hall–Kier alpha value is -1.30. The van der Waals surface area contributed by atoms with Crippen molar-refractivity contribution in [1.82, 2.24) is 0 Å². The molecule has 0 heterocycles. The van der Waals surface area contributed by atoms with Crippen LogP contribution in [0, 0.1) is 12.7 Å². The summed E-state index contributed by atoms with van der Waals surface area (Å²) in [5.41, 5.74) is -0.190. The monoisotopic (exact) mass is 255 g/mol. The summed E-state index contributed by atoms with van der Waals surface area (Å²) < 4.78 is 48.7. The summed E-state index contributed by atoms with van der Waals surface area (Å²) in [5.74, 6) is -2.81. The molecule has 0 saturated carbocycles. The average Bonchev–Trinajstić information content (AvgIpc) is 2.12. The summed E-state index contributed by atoms with van der Waals surface area (Å²) in [4.78, 5) is 10.6.